The van der Waals surface area contributed by atoms with Crippen molar-refractivity contribution < 1.29 is 54.7 Å². The van der Waals surface area contributed by atoms with E-state index in [0.717, 1.165) is 37.1 Å². The maximum Gasteiger partial charge on any atom is 0.559 e. The van der Waals surface area contributed by atoms with Gasteiger partial charge in [0.15, 0.2) is 16.6 Å². The number of halogens is 5. The summed E-state index contributed by atoms with van der Waals surface area (Å²) in [6.07, 6.45) is -0.666. The van der Waals surface area contributed by atoms with E-state index in [4.69, 9.17) is 18.3 Å². The standard InChI is InChI=1S/C22H40FNO7Si2.CF4/c1-32(2,18-6-11-23)31-33(3,4)19-7-14-28-16-17-30-22(27)10-9-21(26)29-15-13-24-12-5-8-20(24)25;2-1(3,4)5/h9-10H,5-8,11-19H2,1-4H3;/b10-9+;. The summed E-state index contributed by atoms with van der Waals surface area (Å²) in [5, 5.41) is 0. The first-order chi connectivity index (χ1) is 17.5. The lowest BCUT2D eigenvalue weighted by Gasteiger charge is -2.34. The minimum Gasteiger partial charge on any atom is -0.461 e. The Balaban J connectivity index is 0.00000249. The van der Waals surface area contributed by atoms with Crippen molar-refractivity contribution in [1.82, 2.24) is 4.90 Å². The number of esters is 2. The van der Waals surface area contributed by atoms with E-state index in [0.29, 0.717) is 32.5 Å². The van der Waals surface area contributed by atoms with E-state index in [2.05, 4.69) is 26.2 Å². The van der Waals surface area contributed by atoms with E-state index in [1.165, 1.54) is 0 Å². The van der Waals surface area contributed by atoms with Crippen LogP contribution in [0.25, 0.3) is 0 Å². The highest BCUT2D eigenvalue weighted by molar-refractivity contribution is 6.84. The van der Waals surface area contributed by atoms with Crippen LogP contribution in [0.5, 0.6) is 0 Å². The van der Waals surface area contributed by atoms with Gasteiger partial charge in [0, 0.05) is 31.7 Å². The lowest BCUT2D eigenvalue weighted by molar-refractivity contribution is -0.237. The number of hydrogen-bond acceptors (Lipinski definition) is 7. The molecule has 15 heteroatoms. The number of carbonyl (C=O) groups excluding carboxylic acids is 3. The van der Waals surface area contributed by atoms with Crippen LogP contribution in [0.4, 0.5) is 22.0 Å². The number of nitrogens with zero attached hydrogens (tertiary/aromatic N) is 1. The number of likely N-dealkylation sites (tertiary alicyclic amines) is 1. The van der Waals surface area contributed by atoms with Crippen LogP contribution >= 0.6 is 0 Å². The Labute approximate surface area is 223 Å². The minimum absolute atomic E-state index is 0.0716. The zero-order valence-corrected chi connectivity index (χ0v) is 24.5. The molecule has 1 aliphatic heterocycles. The van der Waals surface area contributed by atoms with Gasteiger partial charge in [-0.05, 0) is 57.5 Å². The third kappa shape index (κ3) is 22.2. The van der Waals surface area contributed by atoms with Crippen molar-refractivity contribution in [2.24, 2.45) is 0 Å². The van der Waals surface area contributed by atoms with Crippen molar-refractivity contribution in [2.75, 3.05) is 46.2 Å². The Morgan fingerprint density at radius 1 is 0.895 bits per heavy atom. The normalized spacial score (nSPS) is 14.4. The molecule has 0 bridgehead atoms. The Morgan fingerprint density at radius 3 is 1.92 bits per heavy atom. The average Bonchev–Trinajstić information content (AvgIpc) is 3.18. The van der Waals surface area contributed by atoms with E-state index >= 15 is 0 Å². The van der Waals surface area contributed by atoms with E-state index in [1.807, 2.05) is 0 Å². The summed E-state index contributed by atoms with van der Waals surface area (Å²) in [6, 6.07) is 1.79. The molecule has 1 amide bonds. The van der Waals surface area contributed by atoms with Gasteiger partial charge in [0.2, 0.25) is 5.91 Å². The Morgan fingerprint density at radius 2 is 1.42 bits per heavy atom. The maximum absolute atomic E-state index is 12.4. The van der Waals surface area contributed by atoms with Crippen molar-refractivity contribution in [2.45, 2.75) is 70.4 Å². The van der Waals surface area contributed by atoms with Gasteiger partial charge in [-0.15, -0.1) is 17.6 Å². The zero-order chi connectivity index (χ0) is 29.2. The highest BCUT2D eigenvalue weighted by atomic mass is 28.4. The van der Waals surface area contributed by atoms with E-state index < -0.39 is 35.0 Å². The molecule has 0 N–H and O–H groups in total. The number of amides is 1. The van der Waals surface area contributed by atoms with Gasteiger partial charge >= 0.3 is 18.4 Å². The van der Waals surface area contributed by atoms with Crippen LogP contribution in [0.15, 0.2) is 12.2 Å². The molecule has 0 aliphatic carbocycles. The van der Waals surface area contributed by atoms with Crippen LogP contribution in [-0.4, -0.2) is 92.0 Å². The monoisotopic (exact) mass is 593 g/mol. The number of ether oxygens (including phenoxy) is 3. The number of hydrogen-bond donors (Lipinski definition) is 0. The molecule has 0 aromatic heterocycles. The van der Waals surface area contributed by atoms with Gasteiger partial charge in [0.1, 0.15) is 13.2 Å². The zero-order valence-electron chi connectivity index (χ0n) is 22.5. The van der Waals surface area contributed by atoms with Crippen molar-refractivity contribution in [3.8, 4) is 0 Å². The molecule has 1 fully saturated rings. The van der Waals surface area contributed by atoms with Gasteiger partial charge in [-0.2, -0.15) is 0 Å². The lowest BCUT2D eigenvalue weighted by atomic mass is 10.4. The smallest absolute Gasteiger partial charge is 0.461 e. The largest absolute Gasteiger partial charge is 0.559 e. The fraction of sp³-hybridized carbons (Fsp3) is 0.783. The predicted molar refractivity (Wildman–Crippen MR) is 136 cm³/mol. The number of alkyl halides is 5. The second kappa shape index (κ2) is 18.4. The SMILES string of the molecule is C[Si](C)(CCCF)O[Si](C)(C)CCCOCCOC(=O)/C=C/C(=O)OCCN1CCCC1=O.FC(F)(F)F. The topological polar surface area (TPSA) is 91.4 Å². The van der Waals surface area contributed by atoms with E-state index in [9.17, 15) is 36.3 Å². The fourth-order valence-corrected chi connectivity index (χ4v) is 12.5. The maximum atomic E-state index is 12.4. The number of rotatable bonds is 17. The number of carbonyl (C=O) groups is 3. The molecular weight excluding hydrogens is 553 g/mol. The van der Waals surface area contributed by atoms with E-state index in [-0.39, 0.29) is 32.4 Å². The third-order valence-corrected chi connectivity index (χ3v) is 12.7. The third-order valence-electron chi connectivity index (χ3n) is 5.14. The molecule has 0 atom stereocenters. The van der Waals surface area contributed by atoms with Crippen LogP contribution in [0.2, 0.25) is 38.3 Å². The van der Waals surface area contributed by atoms with Gasteiger partial charge in [0.25, 0.3) is 0 Å². The van der Waals surface area contributed by atoms with Crippen LogP contribution in [0, 0.1) is 0 Å². The van der Waals surface area contributed by atoms with Crippen molar-refractivity contribution in [3.63, 3.8) is 0 Å². The van der Waals surface area contributed by atoms with Crippen LogP contribution in [0.3, 0.4) is 0 Å². The van der Waals surface area contributed by atoms with Crippen molar-refractivity contribution in [1.29, 1.82) is 0 Å². The lowest BCUT2D eigenvalue weighted by Crippen LogP contribution is -2.44. The van der Waals surface area contributed by atoms with Gasteiger partial charge in [-0.25, -0.2) is 9.59 Å². The summed E-state index contributed by atoms with van der Waals surface area (Å²) < 4.78 is 73.1. The Bertz CT molecular complexity index is 746. The molecule has 1 saturated heterocycles. The average molecular weight is 594 g/mol. The highest BCUT2D eigenvalue weighted by Gasteiger charge is 2.32. The summed E-state index contributed by atoms with van der Waals surface area (Å²) >= 11 is 0. The second-order valence-electron chi connectivity index (χ2n) is 9.71. The molecule has 1 heterocycles. The minimum atomic E-state index is -5.50. The Hall–Kier alpha value is -1.85. The summed E-state index contributed by atoms with van der Waals surface area (Å²) in [5.41, 5.74) is 0. The summed E-state index contributed by atoms with van der Waals surface area (Å²) in [6.45, 7) is 10.4. The van der Waals surface area contributed by atoms with Gasteiger partial charge in [-0.3, -0.25) is 9.18 Å². The molecule has 0 saturated carbocycles. The molecule has 0 radical (unpaired) electrons. The highest BCUT2D eigenvalue weighted by Crippen LogP contribution is 2.23. The quantitative estimate of drug-likeness (QED) is 0.0778. The summed E-state index contributed by atoms with van der Waals surface area (Å²) in [5.74, 6) is -1.23. The van der Waals surface area contributed by atoms with Crippen LogP contribution in [-0.2, 0) is 32.7 Å². The Kier molecular flexibility index (Phi) is 17.5. The van der Waals surface area contributed by atoms with Crippen molar-refractivity contribution in [3.05, 3.63) is 12.2 Å². The first-order valence-corrected chi connectivity index (χ1v) is 18.7. The molecule has 0 aromatic rings. The first-order valence-electron chi connectivity index (χ1n) is 12.4. The van der Waals surface area contributed by atoms with Gasteiger partial charge in [-0.1, -0.05) is 0 Å². The molecule has 0 unspecified atom stereocenters. The predicted octanol–water partition coefficient (Wildman–Crippen LogP) is 4.92. The van der Waals surface area contributed by atoms with E-state index in [1.54, 1.807) is 4.90 Å². The molecule has 1 rings (SSSR count). The molecule has 222 valence electrons. The van der Waals surface area contributed by atoms with Crippen molar-refractivity contribution >= 4 is 34.5 Å². The fourth-order valence-electron chi connectivity index (χ4n) is 3.67. The molecule has 38 heavy (non-hydrogen) atoms. The van der Waals surface area contributed by atoms with Gasteiger partial charge < -0.3 is 23.2 Å². The van der Waals surface area contributed by atoms with Gasteiger partial charge in [0.05, 0.1) is 19.8 Å². The van der Waals surface area contributed by atoms with Crippen LogP contribution < -0.4 is 0 Å². The summed E-state index contributed by atoms with van der Waals surface area (Å²) in [7, 11) is -3.63. The molecule has 0 spiro atoms. The molecular formula is C23H40F5NO7Si2. The molecule has 8 nitrogen and oxygen atoms in total. The molecule has 1 aliphatic rings. The molecule has 0 aromatic carbocycles. The first kappa shape index (κ1) is 36.2. The second-order valence-corrected chi connectivity index (χ2v) is 18.6. The van der Waals surface area contributed by atoms with Crippen LogP contribution in [0.1, 0.15) is 25.7 Å². The summed E-state index contributed by atoms with van der Waals surface area (Å²) in [4.78, 5) is 36.4.